The highest BCUT2D eigenvalue weighted by atomic mass is 32.2. The lowest BCUT2D eigenvalue weighted by atomic mass is 10.1. The van der Waals surface area contributed by atoms with Crippen molar-refractivity contribution in [2.45, 2.75) is 24.8 Å². The lowest BCUT2D eigenvalue weighted by Gasteiger charge is -2.09. The molecule has 0 fully saturated rings. The van der Waals surface area contributed by atoms with E-state index in [-0.39, 0.29) is 5.56 Å². The zero-order chi connectivity index (χ0) is 18.1. The predicted molar refractivity (Wildman–Crippen MR) is 105 cm³/mol. The molecule has 0 spiro atoms. The maximum atomic E-state index is 11.8. The second-order valence-electron chi connectivity index (χ2n) is 6.23. The molecule has 130 valence electrons. The fourth-order valence-electron chi connectivity index (χ4n) is 2.76. The van der Waals surface area contributed by atoms with Gasteiger partial charge in [-0.15, -0.1) is 0 Å². The second kappa shape index (κ2) is 6.80. The van der Waals surface area contributed by atoms with Crippen molar-refractivity contribution in [3.63, 3.8) is 0 Å². The molecule has 0 unspecified atom stereocenters. The van der Waals surface area contributed by atoms with Crippen molar-refractivity contribution in [2.24, 2.45) is 0 Å². The molecule has 4 rings (SSSR count). The maximum absolute atomic E-state index is 11.8. The fraction of sp³-hybridized carbons (Fsp3) is 0.150. The number of rotatable bonds is 4. The largest absolute Gasteiger partial charge is 0.268 e. The summed E-state index contributed by atoms with van der Waals surface area (Å²) in [6.45, 7) is 4.11. The van der Waals surface area contributed by atoms with Gasteiger partial charge in [0.25, 0.3) is 5.56 Å². The van der Waals surface area contributed by atoms with Gasteiger partial charge < -0.3 is 0 Å². The van der Waals surface area contributed by atoms with Crippen LogP contribution in [0.15, 0.2) is 64.5 Å². The molecule has 0 atom stereocenters. The SMILES string of the molecule is Cc1ccc(CSc2nc(-c3ccccc3C)nc3cc(=O)[nH]n23)cc1. The quantitative estimate of drug-likeness (QED) is 0.558. The molecule has 0 amide bonds. The van der Waals surface area contributed by atoms with E-state index in [9.17, 15) is 4.79 Å². The molecular weight excluding hydrogens is 344 g/mol. The molecule has 0 saturated heterocycles. The van der Waals surface area contributed by atoms with Crippen LogP contribution in [0.3, 0.4) is 0 Å². The summed E-state index contributed by atoms with van der Waals surface area (Å²) in [5.41, 5.74) is 4.91. The van der Waals surface area contributed by atoms with Crippen LogP contribution < -0.4 is 5.56 Å². The molecule has 0 aliphatic carbocycles. The van der Waals surface area contributed by atoms with Gasteiger partial charge in [0.05, 0.1) is 0 Å². The van der Waals surface area contributed by atoms with E-state index in [2.05, 4.69) is 41.3 Å². The first-order valence-corrected chi connectivity index (χ1v) is 9.33. The molecular formula is C20H18N4OS. The van der Waals surface area contributed by atoms with E-state index >= 15 is 0 Å². The van der Waals surface area contributed by atoms with Gasteiger partial charge in [-0.2, -0.15) is 0 Å². The number of benzene rings is 2. The summed E-state index contributed by atoms with van der Waals surface area (Å²) in [6, 6.07) is 17.9. The summed E-state index contributed by atoms with van der Waals surface area (Å²) in [5, 5.41) is 3.50. The van der Waals surface area contributed by atoms with Crippen molar-refractivity contribution in [3.05, 3.63) is 81.6 Å². The number of nitrogens with one attached hydrogen (secondary N) is 1. The predicted octanol–water partition coefficient (Wildman–Crippen LogP) is 3.99. The Morgan fingerprint density at radius 2 is 1.81 bits per heavy atom. The highest BCUT2D eigenvalue weighted by Crippen LogP contribution is 2.25. The standard InChI is InChI=1S/C20H18N4OS/c1-13-7-9-15(10-8-13)12-26-20-22-19(16-6-4-3-5-14(16)2)21-17-11-18(25)23-24(17)20/h3-11H,12H2,1-2H3,(H,23,25). The summed E-state index contributed by atoms with van der Waals surface area (Å²) in [4.78, 5) is 21.1. The van der Waals surface area contributed by atoms with E-state index < -0.39 is 0 Å². The minimum Gasteiger partial charge on any atom is -0.268 e. The molecule has 0 radical (unpaired) electrons. The molecule has 2 heterocycles. The monoisotopic (exact) mass is 362 g/mol. The Morgan fingerprint density at radius 1 is 1.04 bits per heavy atom. The number of aromatic amines is 1. The van der Waals surface area contributed by atoms with Crippen LogP contribution in [0, 0.1) is 13.8 Å². The number of aromatic nitrogens is 4. The van der Waals surface area contributed by atoms with Crippen LogP contribution >= 0.6 is 11.8 Å². The highest BCUT2D eigenvalue weighted by molar-refractivity contribution is 7.98. The first-order chi connectivity index (χ1) is 12.6. The Kier molecular flexibility index (Phi) is 4.34. The van der Waals surface area contributed by atoms with Crippen LogP contribution in [0.5, 0.6) is 0 Å². The molecule has 1 N–H and O–H groups in total. The van der Waals surface area contributed by atoms with Crippen LogP contribution in [0.1, 0.15) is 16.7 Å². The van der Waals surface area contributed by atoms with Crippen molar-refractivity contribution < 1.29 is 0 Å². The molecule has 0 saturated carbocycles. The minimum absolute atomic E-state index is 0.182. The zero-order valence-corrected chi connectivity index (χ0v) is 15.4. The van der Waals surface area contributed by atoms with Gasteiger partial charge >= 0.3 is 0 Å². The Labute approximate surface area is 155 Å². The highest BCUT2D eigenvalue weighted by Gasteiger charge is 2.12. The average molecular weight is 362 g/mol. The first-order valence-electron chi connectivity index (χ1n) is 8.34. The number of H-pyrrole nitrogens is 1. The van der Waals surface area contributed by atoms with Crippen molar-refractivity contribution in [1.82, 2.24) is 19.6 Å². The Bertz CT molecular complexity index is 1130. The van der Waals surface area contributed by atoms with E-state index in [1.54, 1.807) is 16.3 Å². The Balaban J connectivity index is 1.76. The van der Waals surface area contributed by atoms with E-state index in [0.717, 1.165) is 22.0 Å². The number of hydrogen-bond donors (Lipinski definition) is 1. The number of nitrogens with zero attached hydrogens (tertiary/aromatic N) is 3. The van der Waals surface area contributed by atoms with Gasteiger partial charge in [0.15, 0.2) is 16.6 Å². The zero-order valence-electron chi connectivity index (χ0n) is 14.6. The number of fused-ring (bicyclic) bond motifs is 1. The van der Waals surface area contributed by atoms with Crippen molar-refractivity contribution >= 4 is 17.4 Å². The third-order valence-electron chi connectivity index (χ3n) is 4.20. The molecule has 0 aliphatic heterocycles. The van der Waals surface area contributed by atoms with Crippen molar-refractivity contribution in [3.8, 4) is 11.4 Å². The van der Waals surface area contributed by atoms with Gasteiger partial charge in [0.2, 0.25) is 0 Å². The lowest BCUT2D eigenvalue weighted by molar-refractivity contribution is 0.766. The number of thioether (sulfide) groups is 1. The van der Waals surface area contributed by atoms with E-state index in [0.29, 0.717) is 11.5 Å². The van der Waals surface area contributed by atoms with Gasteiger partial charge in [-0.1, -0.05) is 65.9 Å². The fourth-order valence-corrected chi connectivity index (χ4v) is 3.66. The van der Waals surface area contributed by atoms with Gasteiger partial charge in [-0.25, -0.2) is 14.5 Å². The molecule has 4 aromatic rings. The third kappa shape index (κ3) is 3.28. The van der Waals surface area contributed by atoms with Crippen LogP contribution in [0.2, 0.25) is 0 Å². The molecule has 2 aromatic heterocycles. The van der Waals surface area contributed by atoms with E-state index in [1.165, 1.54) is 17.2 Å². The van der Waals surface area contributed by atoms with Crippen molar-refractivity contribution in [1.29, 1.82) is 0 Å². The van der Waals surface area contributed by atoms with E-state index in [1.807, 2.05) is 31.2 Å². The molecule has 2 aromatic carbocycles. The maximum Gasteiger partial charge on any atom is 0.266 e. The van der Waals surface area contributed by atoms with E-state index in [4.69, 9.17) is 4.98 Å². The van der Waals surface area contributed by atoms with Gasteiger partial charge in [0.1, 0.15) is 0 Å². The molecule has 0 aliphatic rings. The van der Waals surface area contributed by atoms with Gasteiger partial charge in [-0.05, 0) is 25.0 Å². The van der Waals surface area contributed by atoms with Crippen LogP contribution in [0.25, 0.3) is 17.0 Å². The first kappa shape index (κ1) is 16.6. The Morgan fingerprint density at radius 3 is 2.58 bits per heavy atom. The smallest absolute Gasteiger partial charge is 0.266 e. The number of aryl methyl sites for hydroxylation is 2. The third-order valence-corrected chi connectivity index (χ3v) is 5.21. The second-order valence-corrected chi connectivity index (χ2v) is 7.18. The molecule has 26 heavy (non-hydrogen) atoms. The van der Waals surface area contributed by atoms with Gasteiger partial charge in [0, 0.05) is 17.4 Å². The van der Waals surface area contributed by atoms with Crippen LogP contribution in [-0.2, 0) is 5.75 Å². The molecule has 6 heteroatoms. The summed E-state index contributed by atoms with van der Waals surface area (Å²) in [6.07, 6.45) is 0. The normalized spacial score (nSPS) is 11.2. The Hall–Kier alpha value is -2.86. The van der Waals surface area contributed by atoms with Crippen LogP contribution in [-0.4, -0.2) is 19.6 Å². The summed E-state index contributed by atoms with van der Waals surface area (Å²) < 4.78 is 1.66. The summed E-state index contributed by atoms with van der Waals surface area (Å²) in [7, 11) is 0. The average Bonchev–Trinajstić information content (AvgIpc) is 3.01. The molecule has 5 nitrogen and oxygen atoms in total. The topological polar surface area (TPSA) is 63.0 Å². The summed E-state index contributed by atoms with van der Waals surface area (Å²) >= 11 is 1.58. The minimum atomic E-state index is -0.182. The van der Waals surface area contributed by atoms with Crippen molar-refractivity contribution in [2.75, 3.05) is 0 Å². The van der Waals surface area contributed by atoms with Gasteiger partial charge in [-0.3, -0.25) is 9.89 Å². The lowest BCUT2D eigenvalue weighted by Crippen LogP contribution is -2.05. The number of hydrogen-bond acceptors (Lipinski definition) is 4. The molecule has 0 bridgehead atoms. The summed E-state index contributed by atoms with van der Waals surface area (Å²) in [5.74, 6) is 1.40. The van der Waals surface area contributed by atoms with Crippen LogP contribution in [0.4, 0.5) is 0 Å².